The van der Waals surface area contributed by atoms with Crippen molar-refractivity contribution < 1.29 is 9.21 Å². The molecule has 0 aliphatic carbocycles. The van der Waals surface area contributed by atoms with Crippen LogP contribution in [-0.4, -0.2) is 34.2 Å². The zero-order valence-corrected chi connectivity index (χ0v) is 12.4. The average Bonchev–Trinajstić information content (AvgIpc) is 3.22. The van der Waals surface area contributed by atoms with Crippen LogP contribution >= 0.6 is 11.3 Å². The quantitative estimate of drug-likeness (QED) is 0.902. The molecule has 2 aromatic heterocycles. The zero-order valence-electron chi connectivity index (χ0n) is 11.6. The summed E-state index contributed by atoms with van der Waals surface area (Å²) in [6, 6.07) is 4.95. The second-order valence-electron chi connectivity index (χ2n) is 5.65. The first-order chi connectivity index (χ1) is 10.2. The third kappa shape index (κ3) is 2.36. The van der Waals surface area contributed by atoms with Crippen molar-refractivity contribution in [1.82, 2.24) is 20.8 Å². The lowest BCUT2D eigenvalue weighted by atomic mass is 9.95. The van der Waals surface area contributed by atoms with Gasteiger partial charge in [0.25, 0.3) is 11.8 Å². The molecule has 0 spiro atoms. The smallest absolute Gasteiger partial charge is 0.261 e. The molecule has 2 saturated heterocycles. The Morgan fingerprint density at radius 1 is 1.43 bits per heavy atom. The Morgan fingerprint density at radius 3 is 3.00 bits per heavy atom. The second kappa shape index (κ2) is 4.92. The predicted molar refractivity (Wildman–Crippen MR) is 78.2 cm³/mol. The Bertz CT molecular complexity index is 680. The van der Waals surface area contributed by atoms with Crippen molar-refractivity contribution in [3.8, 4) is 10.8 Å². The van der Waals surface area contributed by atoms with Gasteiger partial charge in [0.15, 0.2) is 0 Å². The molecule has 0 radical (unpaired) electrons. The van der Waals surface area contributed by atoms with Crippen LogP contribution in [0, 0.1) is 6.92 Å². The van der Waals surface area contributed by atoms with Gasteiger partial charge in [0.2, 0.25) is 5.89 Å². The van der Waals surface area contributed by atoms with Gasteiger partial charge in [0.1, 0.15) is 0 Å². The number of amides is 1. The Morgan fingerprint density at radius 2 is 2.33 bits per heavy atom. The Balaban J connectivity index is 1.46. The van der Waals surface area contributed by atoms with Crippen LogP contribution in [0.5, 0.6) is 0 Å². The van der Waals surface area contributed by atoms with E-state index in [1.807, 2.05) is 12.1 Å². The molecule has 4 heterocycles. The minimum absolute atomic E-state index is 0.0122. The van der Waals surface area contributed by atoms with Gasteiger partial charge >= 0.3 is 0 Å². The molecule has 1 amide bonds. The Kier molecular flexibility index (Phi) is 3.04. The van der Waals surface area contributed by atoms with Gasteiger partial charge in [-0.2, -0.15) is 0 Å². The lowest BCUT2D eigenvalue weighted by molar-refractivity contribution is 0.0935. The summed E-state index contributed by atoms with van der Waals surface area (Å²) in [7, 11) is 0. The van der Waals surface area contributed by atoms with Gasteiger partial charge < -0.3 is 15.1 Å². The highest BCUT2D eigenvalue weighted by Crippen LogP contribution is 2.30. The number of carbonyl (C=O) groups is 1. The summed E-state index contributed by atoms with van der Waals surface area (Å²) in [5, 5.41) is 14.4. The number of rotatable bonds is 3. The highest BCUT2D eigenvalue weighted by molar-refractivity contribution is 7.17. The van der Waals surface area contributed by atoms with Crippen molar-refractivity contribution in [2.45, 2.75) is 44.3 Å². The van der Waals surface area contributed by atoms with Crippen LogP contribution < -0.4 is 10.6 Å². The van der Waals surface area contributed by atoms with Crippen molar-refractivity contribution >= 4 is 17.2 Å². The number of nitrogens with zero attached hydrogens (tertiary/aromatic N) is 2. The largest absolute Gasteiger partial charge is 0.420 e. The van der Waals surface area contributed by atoms with Crippen molar-refractivity contribution in [1.29, 1.82) is 0 Å². The fraction of sp³-hybridized carbons (Fsp3) is 0.500. The number of fused-ring (bicyclic) bond motifs is 2. The van der Waals surface area contributed by atoms with E-state index in [4.69, 9.17) is 4.42 Å². The topological polar surface area (TPSA) is 80.0 Å². The van der Waals surface area contributed by atoms with Crippen LogP contribution in [0.15, 0.2) is 16.5 Å². The first-order valence-corrected chi connectivity index (χ1v) is 7.98. The number of thiophene rings is 1. The van der Waals surface area contributed by atoms with E-state index in [9.17, 15) is 4.79 Å². The molecule has 4 rings (SSSR count). The van der Waals surface area contributed by atoms with E-state index < -0.39 is 0 Å². The minimum atomic E-state index is -0.0122. The summed E-state index contributed by atoms with van der Waals surface area (Å²) in [4.78, 5) is 13.8. The summed E-state index contributed by atoms with van der Waals surface area (Å²) in [5.74, 6) is 0.984. The first-order valence-electron chi connectivity index (χ1n) is 7.16. The fourth-order valence-electron chi connectivity index (χ4n) is 3.19. The number of carbonyl (C=O) groups excluding carboxylic acids is 1. The molecule has 2 aliphatic rings. The van der Waals surface area contributed by atoms with E-state index in [0.717, 1.165) is 17.7 Å². The molecule has 2 N–H and O–H groups in total. The highest BCUT2D eigenvalue weighted by Gasteiger charge is 2.39. The number of hydrogen-bond acceptors (Lipinski definition) is 6. The normalized spacial score (nSPS) is 27.2. The van der Waals surface area contributed by atoms with Crippen LogP contribution in [0.2, 0.25) is 0 Å². The maximum absolute atomic E-state index is 12.3. The molecule has 2 aliphatic heterocycles. The minimum Gasteiger partial charge on any atom is -0.420 e. The molecule has 2 fully saturated rings. The van der Waals surface area contributed by atoms with Gasteiger partial charge in [-0.1, -0.05) is 0 Å². The third-order valence-electron chi connectivity index (χ3n) is 4.18. The summed E-state index contributed by atoms with van der Waals surface area (Å²) < 4.78 is 5.38. The maximum Gasteiger partial charge on any atom is 0.261 e. The summed E-state index contributed by atoms with van der Waals surface area (Å²) in [6.07, 6.45) is 3.43. The van der Waals surface area contributed by atoms with E-state index in [0.29, 0.717) is 28.7 Å². The lowest BCUT2D eigenvalue weighted by Crippen LogP contribution is -2.42. The zero-order chi connectivity index (χ0) is 14.4. The number of nitrogens with one attached hydrogen (secondary N) is 2. The Labute approximate surface area is 126 Å². The van der Waals surface area contributed by atoms with E-state index in [-0.39, 0.29) is 11.9 Å². The van der Waals surface area contributed by atoms with Gasteiger partial charge in [-0.3, -0.25) is 4.79 Å². The molecule has 0 saturated carbocycles. The van der Waals surface area contributed by atoms with Gasteiger partial charge in [-0.25, -0.2) is 0 Å². The molecular weight excluding hydrogens is 288 g/mol. The van der Waals surface area contributed by atoms with Crippen LogP contribution in [0.4, 0.5) is 0 Å². The van der Waals surface area contributed by atoms with Crippen molar-refractivity contribution in [2.24, 2.45) is 0 Å². The lowest BCUT2D eigenvalue weighted by Gasteiger charge is -2.20. The predicted octanol–water partition coefficient (Wildman–Crippen LogP) is 1.73. The maximum atomic E-state index is 12.3. The molecule has 21 heavy (non-hydrogen) atoms. The number of aryl methyl sites for hydroxylation is 1. The summed E-state index contributed by atoms with van der Waals surface area (Å²) in [6.45, 7) is 1.75. The average molecular weight is 304 g/mol. The molecule has 110 valence electrons. The summed E-state index contributed by atoms with van der Waals surface area (Å²) >= 11 is 1.38. The highest BCUT2D eigenvalue weighted by atomic mass is 32.1. The molecule has 6 nitrogen and oxygen atoms in total. The molecule has 2 bridgehead atoms. The molecule has 0 unspecified atom stereocenters. The molecule has 2 aromatic rings. The van der Waals surface area contributed by atoms with Crippen molar-refractivity contribution in [3.05, 3.63) is 22.9 Å². The first kappa shape index (κ1) is 13.0. The van der Waals surface area contributed by atoms with Gasteiger partial charge in [0.05, 0.1) is 9.75 Å². The van der Waals surface area contributed by atoms with Crippen LogP contribution in [0.1, 0.15) is 34.8 Å². The standard InChI is InChI=1S/C14H16N4O2S/c1-7-17-18-14(20-7)12-5-4-11(21-12)13(19)16-10-6-8-2-3-9(10)15-8/h4-5,8-10,15H,2-3,6H2,1H3,(H,16,19)/t8-,9+,10-/m1/s1. The van der Waals surface area contributed by atoms with Crippen molar-refractivity contribution in [2.75, 3.05) is 0 Å². The molecular formula is C14H16N4O2S. The van der Waals surface area contributed by atoms with Crippen molar-refractivity contribution in [3.63, 3.8) is 0 Å². The molecule has 3 atom stereocenters. The number of hydrogen-bond donors (Lipinski definition) is 2. The fourth-order valence-corrected chi connectivity index (χ4v) is 4.02. The molecule has 0 aromatic carbocycles. The van der Waals surface area contributed by atoms with Crippen LogP contribution in [-0.2, 0) is 0 Å². The van der Waals surface area contributed by atoms with E-state index in [2.05, 4.69) is 20.8 Å². The van der Waals surface area contributed by atoms with Gasteiger partial charge in [-0.05, 0) is 31.4 Å². The van der Waals surface area contributed by atoms with Crippen LogP contribution in [0.3, 0.4) is 0 Å². The summed E-state index contributed by atoms with van der Waals surface area (Å²) in [5.41, 5.74) is 0. The van der Waals surface area contributed by atoms with E-state index in [1.165, 1.54) is 17.8 Å². The van der Waals surface area contributed by atoms with E-state index in [1.54, 1.807) is 6.92 Å². The second-order valence-corrected chi connectivity index (χ2v) is 6.74. The monoisotopic (exact) mass is 304 g/mol. The van der Waals surface area contributed by atoms with E-state index >= 15 is 0 Å². The third-order valence-corrected chi connectivity index (χ3v) is 5.26. The van der Waals surface area contributed by atoms with Gasteiger partial charge in [-0.15, -0.1) is 21.5 Å². The molecule has 7 heteroatoms. The Hall–Kier alpha value is -1.73. The number of aromatic nitrogens is 2. The SMILES string of the molecule is Cc1nnc(-c2ccc(C(=O)N[C@@H]3C[C@H]4CC[C@@H]3N4)s2)o1. The van der Waals surface area contributed by atoms with Gasteiger partial charge in [0, 0.05) is 25.0 Å². The van der Waals surface area contributed by atoms with Crippen LogP contribution in [0.25, 0.3) is 10.8 Å².